The number of carbonyl (C=O) groups excluding carboxylic acids is 1. The Morgan fingerprint density at radius 2 is 2.22 bits per heavy atom. The summed E-state index contributed by atoms with van der Waals surface area (Å²) in [4.78, 5) is 20.3. The Morgan fingerprint density at radius 1 is 1.33 bits per heavy atom. The van der Waals surface area contributed by atoms with Gasteiger partial charge in [-0.05, 0) is 30.7 Å². The summed E-state index contributed by atoms with van der Waals surface area (Å²) in [6, 6.07) is 11.6. The Bertz CT molecular complexity index is 877. The first-order valence-electron chi connectivity index (χ1n) is 9.30. The zero-order chi connectivity index (χ0) is 18.8. The number of anilines is 1. The number of halogens is 1. The Hall–Kier alpha value is -2.72. The third-order valence-corrected chi connectivity index (χ3v) is 5.36. The SMILES string of the molecule is N#CC1C[C@H](F)CN1C(=O)CN1CC[C@H](Nc2cccc3ncccc23)C1. The fraction of sp³-hybridized carbons (Fsp3) is 0.450. The molecule has 3 atom stereocenters. The lowest BCUT2D eigenvalue weighted by atomic mass is 10.1. The number of hydrogen-bond acceptors (Lipinski definition) is 5. The third kappa shape index (κ3) is 3.71. The molecule has 0 radical (unpaired) electrons. The molecular formula is C20H22FN5O. The van der Waals surface area contributed by atoms with E-state index in [1.165, 1.54) is 4.90 Å². The standard InChI is InChI=1S/C20H22FN5O/c21-14-9-16(10-22)26(11-14)20(27)13-25-8-6-15(12-25)24-19-5-1-4-18-17(19)3-2-7-23-18/h1-5,7,14-16,24H,6,8-9,11-13H2/t14-,15-,16?/m0/s1. The normalized spacial score (nSPS) is 25.6. The van der Waals surface area contributed by atoms with Gasteiger partial charge < -0.3 is 10.2 Å². The first kappa shape index (κ1) is 17.7. The van der Waals surface area contributed by atoms with Crippen molar-refractivity contribution < 1.29 is 9.18 Å². The highest BCUT2D eigenvalue weighted by Gasteiger charge is 2.36. The van der Waals surface area contributed by atoms with Gasteiger partial charge in [0.15, 0.2) is 0 Å². The highest BCUT2D eigenvalue weighted by atomic mass is 19.1. The maximum atomic E-state index is 13.5. The number of carbonyl (C=O) groups is 1. The Balaban J connectivity index is 1.36. The number of pyridine rings is 1. The van der Waals surface area contributed by atoms with E-state index in [2.05, 4.69) is 15.2 Å². The van der Waals surface area contributed by atoms with Crippen LogP contribution in [0.25, 0.3) is 10.9 Å². The molecule has 2 fully saturated rings. The smallest absolute Gasteiger partial charge is 0.237 e. The third-order valence-electron chi connectivity index (χ3n) is 5.36. The Labute approximate surface area is 157 Å². The van der Waals surface area contributed by atoms with Gasteiger partial charge in [-0.15, -0.1) is 0 Å². The highest BCUT2D eigenvalue weighted by Crippen LogP contribution is 2.25. The van der Waals surface area contributed by atoms with E-state index in [0.29, 0.717) is 0 Å². The van der Waals surface area contributed by atoms with E-state index >= 15 is 0 Å². The van der Waals surface area contributed by atoms with Crippen LogP contribution in [-0.2, 0) is 4.79 Å². The maximum Gasteiger partial charge on any atom is 0.237 e. The summed E-state index contributed by atoms with van der Waals surface area (Å²) < 4.78 is 13.5. The summed E-state index contributed by atoms with van der Waals surface area (Å²) >= 11 is 0. The highest BCUT2D eigenvalue weighted by molar-refractivity contribution is 5.91. The summed E-state index contributed by atoms with van der Waals surface area (Å²) in [6.07, 6.45) is 1.74. The van der Waals surface area contributed by atoms with Gasteiger partial charge in [0.2, 0.25) is 5.91 Å². The monoisotopic (exact) mass is 367 g/mol. The van der Waals surface area contributed by atoms with E-state index in [9.17, 15) is 9.18 Å². The van der Waals surface area contributed by atoms with Crippen LogP contribution in [0.15, 0.2) is 36.5 Å². The van der Waals surface area contributed by atoms with Gasteiger partial charge in [0, 0.05) is 42.8 Å². The number of hydrogen-bond donors (Lipinski definition) is 1. The summed E-state index contributed by atoms with van der Waals surface area (Å²) in [5, 5.41) is 13.8. The molecule has 3 heterocycles. The van der Waals surface area contributed by atoms with Gasteiger partial charge in [0.25, 0.3) is 0 Å². The lowest BCUT2D eigenvalue weighted by Gasteiger charge is -2.23. The summed E-state index contributed by atoms with van der Waals surface area (Å²) in [5.74, 6) is -0.156. The molecule has 2 saturated heterocycles. The van der Waals surface area contributed by atoms with Crippen molar-refractivity contribution >= 4 is 22.5 Å². The van der Waals surface area contributed by atoms with Crippen molar-refractivity contribution in [1.82, 2.24) is 14.8 Å². The van der Waals surface area contributed by atoms with Crippen LogP contribution >= 0.6 is 0 Å². The number of amides is 1. The molecule has 1 aromatic carbocycles. The van der Waals surface area contributed by atoms with Gasteiger partial charge in [0.1, 0.15) is 12.2 Å². The molecule has 4 rings (SSSR count). The van der Waals surface area contributed by atoms with Gasteiger partial charge in [0.05, 0.1) is 24.7 Å². The van der Waals surface area contributed by atoms with Crippen LogP contribution < -0.4 is 5.32 Å². The molecule has 1 amide bonds. The maximum absolute atomic E-state index is 13.5. The van der Waals surface area contributed by atoms with Crippen molar-refractivity contribution in [2.75, 3.05) is 31.5 Å². The molecule has 140 valence electrons. The van der Waals surface area contributed by atoms with Gasteiger partial charge in [-0.3, -0.25) is 14.7 Å². The van der Waals surface area contributed by atoms with Crippen LogP contribution in [0.4, 0.5) is 10.1 Å². The quantitative estimate of drug-likeness (QED) is 0.897. The van der Waals surface area contributed by atoms with Gasteiger partial charge in [-0.1, -0.05) is 6.07 Å². The van der Waals surface area contributed by atoms with Crippen LogP contribution in [0, 0.1) is 11.3 Å². The minimum Gasteiger partial charge on any atom is -0.380 e. The lowest BCUT2D eigenvalue weighted by Crippen LogP contribution is -2.42. The first-order valence-corrected chi connectivity index (χ1v) is 9.30. The minimum absolute atomic E-state index is 0.0373. The second kappa shape index (κ2) is 7.49. The molecule has 27 heavy (non-hydrogen) atoms. The zero-order valence-corrected chi connectivity index (χ0v) is 15.0. The number of nitriles is 1. The summed E-state index contributed by atoms with van der Waals surface area (Å²) in [5.41, 5.74) is 1.99. The second-order valence-corrected chi connectivity index (χ2v) is 7.26. The molecule has 0 aliphatic carbocycles. The van der Waals surface area contributed by atoms with Gasteiger partial charge >= 0.3 is 0 Å². The predicted molar refractivity (Wildman–Crippen MR) is 101 cm³/mol. The Morgan fingerprint density at radius 3 is 3.07 bits per heavy atom. The minimum atomic E-state index is -1.09. The molecule has 0 spiro atoms. The molecule has 7 heteroatoms. The first-order chi connectivity index (χ1) is 13.1. The molecule has 0 saturated carbocycles. The second-order valence-electron chi connectivity index (χ2n) is 7.26. The molecule has 2 aromatic rings. The number of benzene rings is 1. The summed E-state index contributed by atoms with van der Waals surface area (Å²) in [7, 11) is 0. The number of rotatable bonds is 4. The Kier molecular flexibility index (Phi) is 4.90. The number of aromatic nitrogens is 1. The number of nitrogens with one attached hydrogen (secondary N) is 1. The van der Waals surface area contributed by atoms with Crippen LogP contribution in [0.3, 0.4) is 0 Å². The van der Waals surface area contributed by atoms with E-state index < -0.39 is 12.2 Å². The fourth-order valence-electron chi connectivity index (χ4n) is 4.01. The van der Waals surface area contributed by atoms with Crippen molar-refractivity contribution in [3.05, 3.63) is 36.5 Å². The summed E-state index contributed by atoms with van der Waals surface area (Å²) in [6.45, 7) is 1.82. The van der Waals surface area contributed by atoms with E-state index in [-0.39, 0.29) is 31.5 Å². The van der Waals surface area contributed by atoms with Crippen LogP contribution in [0.5, 0.6) is 0 Å². The topological polar surface area (TPSA) is 72.3 Å². The van der Waals surface area contributed by atoms with Crippen LogP contribution in [0.1, 0.15) is 12.8 Å². The van der Waals surface area contributed by atoms with Gasteiger partial charge in [-0.2, -0.15) is 5.26 Å². The molecular weight excluding hydrogens is 345 g/mol. The van der Waals surface area contributed by atoms with E-state index in [4.69, 9.17) is 5.26 Å². The molecule has 6 nitrogen and oxygen atoms in total. The number of fused-ring (bicyclic) bond motifs is 1. The molecule has 1 N–H and O–H groups in total. The number of likely N-dealkylation sites (tertiary alicyclic amines) is 2. The van der Waals surface area contributed by atoms with E-state index in [1.54, 1.807) is 6.20 Å². The number of alkyl halides is 1. The molecule has 1 unspecified atom stereocenters. The van der Waals surface area contributed by atoms with Crippen LogP contribution in [0.2, 0.25) is 0 Å². The predicted octanol–water partition coefficient (Wildman–Crippen LogP) is 2.18. The molecule has 0 bridgehead atoms. The van der Waals surface area contributed by atoms with Gasteiger partial charge in [-0.25, -0.2) is 4.39 Å². The average molecular weight is 367 g/mol. The number of nitrogens with zero attached hydrogens (tertiary/aromatic N) is 4. The lowest BCUT2D eigenvalue weighted by molar-refractivity contribution is -0.132. The van der Waals surface area contributed by atoms with Crippen molar-refractivity contribution in [3.63, 3.8) is 0 Å². The van der Waals surface area contributed by atoms with E-state index in [1.807, 2.05) is 36.4 Å². The largest absolute Gasteiger partial charge is 0.380 e. The van der Waals surface area contributed by atoms with Crippen LogP contribution in [-0.4, -0.2) is 65.1 Å². The van der Waals surface area contributed by atoms with Crippen molar-refractivity contribution in [2.24, 2.45) is 0 Å². The molecule has 2 aliphatic rings. The molecule has 2 aliphatic heterocycles. The van der Waals surface area contributed by atoms with Crippen molar-refractivity contribution in [2.45, 2.75) is 31.1 Å². The zero-order valence-electron chi connectivity index (χ0n) is 15.0. The fourth-order valence-corrected chi connectivity index (χ4v) is 4.01. The van der Waals surface area contributed by atoms with Crippen molar-refractivity contribution in [3.8, 4) is 6.07 Å². The van der Waals surface area contributed by atoms with E-state index in [0.717, 1.165) is 36.1 Å². The average Bonchev–Trinajstić information content (AvgIpc) is 3.28. The molecule has 1 aromatic heterocycles. The van der Waals surface area contributed by atoms with Crippen molar-refractivity contribution in [1.29, 1.82) is 5.26 Å².